The van der Waals surface area contributed by atoms with Crippen molar-refractivity contribution in [2.75, 3.05) is 20.1 Å². The highest BCUT2D eigenvalue weighted by atomic mass is 19.4. The van der Waals surface area contributed by atoms with E-state index in [4.69, 9.17) is 5.11 Å². The molecule has 0 aromatic rings. The Bertz CT molecular complexity index is 261. The third kappa shape index (κ3) is 7.98. The molecule has 0 aromatic heterocycles. The molecule has 0 bridgehead atoms. The van der Waals surface area contributed by atoms with Crippen molar-refractivity contribution in [3.63, 3.8) is 0 Å². The molecule has 4 nitrogen and oxygen atoms in total. The number of carbonyl (C=O) groups excluding carboxylic acids is 1. The average molecular weight is 256 g/mol. The first-order valence-corrected chi connectivity index (χ1v) is 5.16. The van der Waals surface area contributed by atoms with Gasteiger partial charge in [-0.15, -0.1) is 0 Å². The Balaban J connectivity index is 4.11. The Kier molecular flexibility index (Phi) is 5.41. The van der Waals surface area contributed by atoms with E-state index in [9.17, 15) is 18.0 Å². The lowest BCUT2D eigenvalue weighted by molar-refractivity contribution is -0.207. The van der Waals surface area contributed by atoms with Gasteiger partial charge in [0.15, 0.2) is 6.10 Å². The van der Waals surface area contributed by atoms with Gasteiger partial charge in [0.2, 0.25) is 5.91 Å². The summed E-state index contributed by atoms with van der Waals surface area (Å²) in [4.78, 5) is 12.5. The van der Waals surface area contributed by atoms with Gasteiger partial charge in [-0.2, -0.15) is 13.2 Å². The Labute approximate surface area is 98.8 Å². The summed E-state index contributed by atoms with van der Waals surface area (Å²) >= 11 is 0. The molecule has 1 atom stereocenters. The summed E-state index contributed by atoms with van der Waals surface area (Å²) in [6.07, 6.45) is -7.09. The van der Waals surface area contributed by atoms with Gasteiger partial charge in [-0.3, -0.25) is 9.69 Å². The van der Waals surface area contributed by atoms with Crippen molar-refractivity contribution in [2.45, 2.75) is 38.6 Å². The number of aliphatic hydroxyl groups is 1. The number of hydrogen-bond donors (Lipinski definition) is 2. The second-order valence-corrected chi connectivity index (χ2v) is 5.05. The van der Waals surface area contributed by atoms with Gasteiger partial charge in [0.1, 0.15) is 0 Å². The van der Waals surface area contributed by atoms with Crippen molar-refractivity contribution < 1.29 is 23.1 Å². The zero-order valence-electron chi connectivity index (χ0n) is 10.4. The first-order chi connectivity index (χ1) is 7.42. The molecule has 0 rings (SSSR count). The maximum Gasteiger partial charge on any atom is 0.415 e. The van der Waals surface area contributed by atoms with Crippen LogP contribution in [0.5, 0.6) is 0 Å². The lowest BCUT2D eigenvalue weighted by Crippen LogP contribution is -2.47. The number of amides is 1. The molecule has 0 saturated carbocycles. The van der Waals surface area contributed by atoms with Crippen LogP contribution in [-0.4, -0.2) is 53.9 Å². The van der Waals surface area contributed by atoms with Crippen molar-refractivity contribution in [3.8, 4) is 0 Å². The topological polar surface area (TPSA) is 52.6 Å². The molecular formula is C10H19F3N2O2. The van der Waals surface area contributed by atoms with Crippen LogP contribution in [0.1, 0.15) is 20.8 Å². The molecule has 7 heteroatoms. The third-order valence-electron chi connectivity index (χ3n) is 1.79. The Morgan fingerprint density at radius 1 is 1.35 bits per heavy atom. The molecule has 0 saturated heterocycles. The van der Waals surface area contributed by atoms with Crippen LogP contribution < -0.4 is 5.32 Å². The van der Waals surface area contributed by atoms with Crippen LogP contribution in [0.25, 0.3) is 0 Å². The summed E-state index contributed by atoms with van der Waals surface area (Å²) in [5, 5.41) is 11.4. The third-order valence-corrected chi connectivity index (χ3v) is 1.79. The molecule has 1 unspecified atom stereocenters. The lowest BCUT2D eigenvalue weighted by atomic mass is 10.1. The molecule has 0 aromatic carbocycles. The van der Waals surface area contributed by atoms with Crippen LogP contribution in [0.4, 0.5) is 13.2 Å². The predicted molar refractivity (Wildman–Crippen MR) is 57.5 cm³/mol. The number of alkyl halides is 3. The number of hydrogen-bond acceptors (Lipinski definition) is 3. The van der Waals surface area contributed by atoms with Gasteiger partial charge in [0, 0.05) is 12.1 Å². The van der Waals surface area contributed by atoms with Crippen molar-refractivity contribution in [1.29, 1.82) is 0 Å². The van der Waals surface area contributed by atoms with Gasteiger partial charge in [-0.25, -0.2) is 0 Å². The SMILES string of the molecule is CN(CC(=O)NC(C)(C)C)CC(O)C(F)(F)F. The van der Waals surface area contributed by atoms with Gasteiger partial charge in [-0.1, -0.05) is 0 Å². The Morgan fingerprint density at radius 3 is 2.18 bits per heavy atom. The van der Waals surface area contributed by atoms with E-state index in [1.54, 1.807) is 20.8 Å². The molecule has 2 N–H and O–H groups in total. The Hall–Kier alpha value is -0.820. The number of nitrogens with one attached hydrogen (secondary N) is 1. The largest absolute Gasteiger partial charge is 0.415 e. The molecule has 0 fully saturated rings. The summed E-state index contributed by atoms with van der Waals surface area (Å²) in [5.41, 5.74) is -0.430. The van der Waals surface area contributed by atoms with Crippen LogP contribution in [0.2, 0.25) is 0 Å². The molecule has 102 valence electrons. The number of likely N-dealkylation sites (N-methyl/N-ethyl adjacent to an activating group) is 1. The van der Waals surface area contributed by atoms with E-state index in [1.807, 2.05) is 0 Å². The first kappa shape index (κ1) is 16.2. The fourth-order valence-corrected chi connectivity index (χ4v) is 1.17. The van der Waals surface area contributed by atoms with E-state index in [0.29, 0.717) is 0 Å². The van der Waals surface area contributed by atoms with Crippen molar-refractivity contribution in [1.82, 2.24) is 10.2 Å². The van der Waals surface area contributed by atoms with Crippen molar-refractivity contribution >= 4 is 5.91 Å². The summed E-state index contributed by atoms with van der Waals surface area (Å²) < 4.78 is 36.1. The van der Waals surface area contributed by atoms with Crippen LogP contribution >= 0.6 is 0 Å². The van der Waals surface area contributed by atoms with Crippen LogP contribution in [0.15, 0.2) is 0 Å². The van der Waals surface area contributed by atoms with Crippen LogP contribution in [-0.2, 0) is 4.79 Å². The second-order valence-electron chi connectivity index (χ2n) is 5.05. The lowest BCUT2D eigenvalue weighted by Gasteiger charge is -2.25. The Morgan fingerprint density at radius 2 is 1.82 bits per heavy atom. The first-order valence-electron chi connectivity index (χ1n) is 5.16. The molecular weight excluding hydrogens is 237 g/mol. The van der Waals surface area contributed by atoms with Gasteiger partial charge in [0.25, 0.3) is 0 Å². The van der Waals surface area contributed by atoms with Crippen LogP contribution in [0, 0.1) is 0 Å². The average Bonchev–Trinajstić information content (AvgIpc) is 1.96. The molecule has 17 heavy (non-hydrogen) atoms. The second kappa shape index (κ2) is 5.68. The number of carbonyl (C=O) groups is 1. The maximum atomic E-state index is 12.0. The molecule has 1 amide bonds. The molecule has 0 spiro atoms. The number of nitrogens with zero attached hydrogens (tertiary/aromatic N) is 1. The summed E-state index contributed by atoms with van der Waals surface area (Å²) in [7, 11) is 1.34. The maximum absolute atomic E-state index is 12.0. The normalized spacial score (nSPS) is 14.9. The zero-order valence-corrected chi connectivity index (χ0v) is 10.4. The molecule has 0 aliphatic heterocycles. The quantitative estimate of drug-likeness (QED) is 0.780. The summed E-state index contributed by atoms with van der Waals surface area (Å²) in [6, 6.07) is 0. The number of halogens is 3. The number of aliphatic hydroxyl groups excluding tert-OH is 1. The minimum Gasteiger partial charge on any atom is -0.382 e. The van der Waals surface area contributed by atoms with E-state index in [2.05, 4.69) is 5.32 Å². The van der Waals surface area contributed by atoms with E-state index < -0.39 is 24.4 Å². The van der Waals surface area contributed by atoms with E-state index in [-0.39, 0.29) is 12.5 Å². The van der Waals surface area contributed by atoms with Gasteiger partial charge in [-0.05, 0) is 27.8 Å². The van der Waals surface area contributed by atoms with Crippen molar-refractivity contribution in [2.24, 2.45) is 0 Å². The highest BCUT2D eigenvalue weighted by Crippen LogP contribution is 2.20. The van der Waals surface area contributed by atoms with E-state index in [0.717, 1.165) is 4.90 Å². The smallest absolute Gasteiger partial charge is 0.382 e. The fourth-order valence-electron chi connectivity index (χ4n) is 1.17. The van der Waals surface area contributed by atoms with Crippen molar-refractivity contribution in [3.05, 3.63) is 0 Å². The molecule has 0 aliphatic carbocycles. The standard InChI is InChI=1S/C10H19F3N2O2/c1-9(2,3)14-8(17)6-15(4)5-7(16)10(11,12)13/h7,16H,5-6H2,1-4H3,(H,14,17). The monoisotopic (exact) mass is 256 g/mol. The summed E-state index contributed by atoms with van der Waals surface area (Å²) in [6.45, 7) is 4.51. The predicted octanol–water partition coefficient (Wildman–Crippen LogP) is 0.756. The van der Waals surface area contributed by atoms with Gasteiger partial charge in [0.05, 0.1) is 6.54 Å². The van der Waals surface area contributed by atoms with Crippen LogP contribution in [0.3, 0.4) is 0 Å². The highest BCUT2D eigenvalue weighted by molar-refractivity contribution is 5.78. The minimum absolute atomic E-state index is 0.190. The molecule has 0 aliphatic rings. The van der Waals surface area contributed by atoms with E-state index in [1.165, 1.54) is 7.05 Å². The minimum atomic E-state index is -4.66. The van der Waals surface area contributed by atoms with Gasteiger partial charge < -0.3 is 10.4 Å². The molecule has 0 heterocycles. The zero-order chi connectivity index (χ0) is 13.9. The fraction of sp³-hybridized carbons (Fsp3) is 0.900. The van der Waals surface area contributed by atoms with E-state index >= 15 is 0 Å². The summed E-state index contributed by atoms with van der Waals surface area (Å²) in [5.74, 6) is -0.380. The highest BCUT2D eigenvalue weighted by Gasteiger charge is 2.38. The molecule has 0 radical (unpaired) electrons. The number of rotatable bonds is 4. The van der Waals surface area contributed by atoms with Gasteiger partial charge >= 0.3 is 6.18 Å².